The van der Waals surface area contributed by atoms with Gasteiger partial charge in [-0.1, -0.05) is 12.1 Å². The monoisotopic (exact) mass is 195 g/mol. The molecule has 1 heterocycles. The van der Waals surface area contributed by atoms with E-state index in [0.29, 0.717) is 24.7 Å². The van der Waals surface area contributed by atoms with Gasteiger partial charge >= 0.3 is 0 Å². The van der Waals surface area contributed by atoms with Crippen molar-refractivity contribution in [3.63, 3.8) is 0 Å². The van der Waals surface area contributed by atoms with Crippen molar-refractivity contribution in [1.29, 1.82) is 0 Å². The van der Waals surface area contributed by atoms with Crippen molar-refractivity contribution < 1.29 is 9.32 Å². The van der Waals surface area contributed by atoms with Crippen LogP contribution in [-0.4, -0.2) is 22.5 Å². The molecule has 1 aliphatic rings. The van der Waals surface area contributed by atoms with Gasteiger partial charge in [-0.15, -0.1) is 0 Å². The zero-order valence-electron chi connectivity index (χ0n) is 8.06. The normalized spacial score (nSPS) is 25.8. The van der Waals surface area contributed by atoms with Crippen molar-refractivity contribution in [3.05, 3.63) is 11.7 Å². The fourth-order valence-electron chi connectivity index (χ4n) is 1.69. The van der Waals surface area contributed by atoms with Crippen molar-refractivity contribution in [2.75, 3.05) is 0 Å². The summed E-state index contributed by atoms with van der Waals surface area (Å²) < 4.78 is 4.65. The Kier molecular flexibility index (Phi) is 2.58. The van der Waals surface area contributed by atoms with E-state index in [1.54, 1.807) is 0 Å². The van der Waals surface area contributed by atoms with E-state index >= 15 is 0 Å². The maximum Gasteiger partial charge on any atom is 0.290 e. The molecule has 1 aliphatic carbocycles. The minimum Gasteiger partial charge on any atom is -0.331 e. The Bertz CT molecular complexity index is 318. The zero-order chi connectivity index (χ0) is 9.97. The molecule has 0 saturated heterocycles. The van der Waals surface area contributed by atoms with Gasteiger partial charge in [0, 0.05) is 6.04 Å². The van der Waals surface area contributed by atoms with Gasteiger partial charge in [0.05, 0.1) is 6.54 Å². The molecule has 1 aromatic rings. The molecule has 0 atom stereocenters. The number of nitrogens with zero attached hydrogens (tertiary/aromatic N) is 2. The second kappa shape index (κ2) is 3.88. The summed E-state index contributed by atoms with van der Waals surface area (Å²) in [6, 6.07) is 0.572. The summed E-state index contributed by atoms with van der Waals surface area (Å²) in [4.78, 5) is 14.1. The lowest BCUT2D eigenvalue weighted by Gasteiger charge is -2.33. The smallest absolute Gasteiger partial charge is 0.290 e. The van der Waals surface area contributed by atoms with E-state index in [9.17, 15) is 4.79 Å². The Labute approximate surface area is 81.9 Å². The van der Waals surface area contributed by atoms with Crippen LogP contribution in [0.4, 0.5) is 0 Å². The summed E-state index contributed by atoms with van der Waals surface area (Å²) in [6.07, 6.45) is 2.97. The van der Waals surface area contributed by atoms with Crippen molar-refractivity contribution in [3.8, 4) is 0 Å². The third kappa shape index (κ3) is 1.98. The van der Waals surface area contributed by atoms with Gasteiger partial charge in [0.2, 0.25) is 6.29 Å². The van der Waals surface area contributed by atoms with Crippen LogP contribution in [0.25, 0.3) is 0 Å². The van der Waals surface area contributed by atoms with Crippen LogP contribution in [-0.2, 0) is 6.54 Å². The van der Waals surface area contributed by atoms with Gasteiger partial charge in [-0.25, -0.2) is 0 Å². The summed E-state index contributed by atoms with van der Waals surface area (Å²) in [5.74, 6) is 1.42. The van der Waals surface area contributed by atoms with Gasteiger partial charge in [0.1, 0.15) is 0 Å². The number of aromatic nitrogens is 2. The van der Waals surface area contributed by atoms with Gasteiger partial charge in [0.15, 0.2) is 5.82 Å². The van der Waals surface area contributed by atoms with Crippen LogP contribution in [0.1, 0.15) is 36.3 Å². The van der Waals surface area contributed by atoms with E-state index in [1.165, 1.54) is 12.8 Å². The van der Waals surface area contributed by atoms with Crippen LogP contribution in [0.5, 0.6) is 0 Å². The van der Waals surface area contributed by atoms with E-state index < -0.39 is 0 Å². The molecule has 0 unspecified atom stereocenters. The molecule has 1 fully saturated rings. The molecule has 14 heavy (non-hydrogen) atoms. The lowest BCUT2D eigenvalue weighted by atomic mass is 9.82. The molecular weight excluding hydrogens is 182 g/mol. The molecule has 0 amide bonds. The van der Waals surface area contributed by atoms with Gasteiger partial charge in [-0.3, -0.25) is 4.79 Å². The maximum atomic E-state index is 10.3. The first kappa shape index (κ1) is 9.33. The molecule has 0 bridgehead atoms. The summed E-state index contributed by atoms with van der Waals surface area (Å²) in [5, 5.41) is 6.96. The fourth-order valence-corrected chi connectivity index (χ4v) is 1.69. The molecule has 0 aliphatic heterocycles. The number of carbonyl (C=O) groups excluding carboxylic acids is 1. The largest absolute Gasteiger partial charge is 0.331 e. The van der Waals surface area contributed by atoms with E-state index in [1.807, 2.05) is 0 Å². The molecule has 1 saturated carbocycles. The second-order valence-electron chi connectivity index (χ2n) is 3.82. The number of carbonyl (C=O) groups is 1. The first-order valence-corrected chi connectivity index (χ1v) is 4.79. The quantitative estimate of drug-likeness (QED) is 0.719. The molecule has 0 spiro atoms. The highest BCUT2D eigenvalue weighted by atomic mass is 16.5. The molecule has 0 radical (unpaired) electrons. The van der Waals surface area contributed by atoms with Gasteiger partial charge in [0.25, 0.3) is 5.89 Å². The molecule has 0 aromatic carbocycles. The summed E-state index contributed by atoms with van der Waals surface area (Å²) in [6.45, 7) is 2.81. The average Bonchev–Trinajstić information content (AvgIpc) is 2.58. The Morgan fingerprint density at radius 3 is 3.00 bits per heavy atom. The molecule has 5 nitrogen and oxygen atoms in total. The van der Waals surface area contributed by atoms with Gasteiger partial charge in [-0.2, -0.15) is 4.98 Å². The Morgan fingerprint density at radius 2 is 2.43 bits per heavy atom. The van der Waals surface area contributed by atoms with Crippen LogP contribution in [0.3, 0.4) is 0 Å². The highest BCUT2D eigenvalue weighted by Gasteiger charge is 2.24. The molecule has 1 aromatic heterocycles. The van der Waals surface area contributed by atoms with E-state index in [-0.39, 0.29) is 5.89 Å². The molecule has 5 heteroatoms. The maximum absolute atomic E-state index is 10.3. The van der Waals surface area contributed by atoms with Crippen LogP contribution in [0.15, 0.2) is 4.52 Å². The third-order valence-corrected chi connectivity index (χ3v) is 2.51. The molecular formula is C9H13N3O2. The van der Waals surface area contributed by atoms with Crippen LogP contribution in [0, 0.1) is 5.92 Å². The van der Waals surface area contributed by atoms with Crippen molar-refractivity contribution in [2.24, 2.45) is 5.92 Å². The van der Waals surface area contributed by atoms with Crippen molar-refractivity contribution in [2.45, 2.75) is 32.4 Å². The topological polar surface area (TPSA) is 68.0 Å². The third-order valence-electron chi connectivity index (χ3n) is 2.51. The molecule has 2 rings (SSSR count). The van der Waals surface area contributed by atoms with Crippen molar-refractivity contribution >= 4 is 6.29 Å². The van der Waals surface area contributed by atoms with E-state index in [4.69, 9.17) is 0 Å². The summed E-state index contributed by atoms with van der Waals surface area (Å²) in [5.41, 5.74) is 0. The number of nitrogens with one attached hydrogen (secondary N) is 1. The Morgan fingerprint density at radius 1 is 1.64 bits per heavy atom. The van der Waals surface area contributed by atoms with E-state index in [2.05, 4.69) is 26.9 Å². The summed E-state index contributed by atoms with van der Waals surface area (Å²) >= 11 is 0. The Hall–Kier alpha value is -1.23. The number of aldehydes is 1. The number of rotatable bonds is 4. The minimum absolute atomic E-state index is 0.0452. The predicted molar refractivity (Wildman–Crippen MR) is 48.7 cm³/mol. The highest BCUT2D eigenvalue weighted by Crippen LogP contribution is 2.26. The lowest BCUT2D eigenvalue weighted by molar-refractivity contribution is 0.108. The average molecular weight is 195 g/mol. The molecule has 76 valence electrons. The van der Waals surface area contributed by atoms with Gasteiger partial charge < -0.3 is 9.84 Å². The van der Waals surface area contributed by atoms with Gasteiger partial charge in [-0.05, 0) is 18.8 Å². The van der Waals surface area contributed by atoms with Crippen LogP contribution >= 0.6 is 0 Å². The summed E-state index contributed by atoms with van der Waals surface area (Å²) in [7, 11) is 0. The first-order valence-electron chi connectivity index (χ1n) is 4.79. The Balaban J connectivity index is 1.77. The van der Waals surface area contributed by atoms with E-state index in [0.717, 1.165) is 5.92 Å². The molecule has 1 N–H and O–H groups in total. The SMILES string of the molecule is CC1CC(NCc2noc(C=O)n2)C1. The van der Waals surface area contributed by atoms with Crippen molar-refractivity contribution in [1.82, 2.24) is 15.5 Å². The standard InChI is InChI=1S/C9H13N3O2/c1-6-2-7(3-6)10-4-8-11-9(5-13)14-12-8/h5-7,10H,2-4H2,1H3. The second-order valence-corrected chi connectivity index (χ2v) is 3.82. The fraction of sp³-hybridized carbons (Fsp3) is 0.667. The first-order chi connectivity index (χ1) is 6.78. The highest BCUT2D eigenvalue weighted by molar-refractivity contribution is 5.66. The minimum atomic E-state index is 0.0452. The predicted octanol–water partition coefficient (Wildman–Crippen LogP) is 0.770. The number of hydrogen-bond donors (Lipinski definition) is 1. The number of hydrogen-bond acceptors (Lipinski definition) is 5. The van der Waals surface area contributed by atoms with Crippen LogP contribution < -0.4 is 5.32 Å². The zero-order valence-corrected chi connectivity index (χ0v) is 8.06. The lowest BCUT2D eigenvalue weighted by Crippen LogP contribution is -2.39. The van der Waals surface area contributed by atoms with Crippen LogP contribution in [0.2, 0.25) is 0 Å².